The van der Waals surface area contributed by atoms with Crippen molar-refractivity contribution in [1.82, 2.24) is 0 Å². The number of unbranched alkanes of at least 4 members (excludes halogenated alkanes) is 1. The van der Waals surface area contributed by atoms with Crippen molar-refractivity contribution in [3.05, 3.63) is 0 Å². The molecule has 0 aromatic rings. The van der Waals surface area contributed by atoms with E-state index in [1.54, 1.807) is 13.8 Å². The van der Waals surface area contributed by atoms with Gasteiger partial charge in [-0.2, -0.15) is 13.2 Å². The van der Waals surface area contributed by atoms with Gasteiger partial charge in [-0.3, -0.25) is 4.79 Å². The quantitative estimate of drug-likeness (QED) is 0.554. The second kappa shape index (κ2) is 7.15. The molecule has 0 radical (unpaired) electrons. The van der Waals surface area contributed by atoms with Gasteiger partial charge in [-0.15, -0.1) is 0 Å². The van der Waals surface area contributed by atoms with Gasteiger partial charge < -0.3 is 4.74 Å². The van der Waals surface area contributed by atoms with Crippen LogP contribution in [0.4, 0.5) is 13.2 Å². The molecule has 0 bridgehead atoms. The molecule has 0 saturated carbocycles. The average molecular weight is 236 g/mol. The van der Waals surface area contributed by atoms with E-state index in [4.69, 9.17) is 0 Å². The Labute approximate surface area is 93.2 Å². The van der Waals surface area contributed by atoms with Gasteiger partial charge in [0.05, 0.1) is 0 Å². The van der Waals surface area contributed by atoms with Crippen molar-refractivity contribution >= 4 is 5.97 Å². The van der Waals surface area contributed by atoms with Crippen LogP contribution in [0.3, 0.4) is 0 Å². The third-order valence-electron chi connectivity index (χ3n) is 1.61. The van der Waals surface area contributed by atoms with Gasteiger partial charge in [0, 0.05) is 12.8 Å². The molecule has 0 aliphatic carbocycles. The predicted octanol–water partition coefficient (Wildman–Crippen LogP) is 3.06. The molecule has 0 fully saturated rings. The number of rotatable bonds is 4. The second-order valence-corrected chi connectivity index (χ2v) is 3.23. The molecule has 5 heteroatoms. The van der Waals surface area contributed by atoms with Gasteiger partial charge in [0.15, 0.2) is 0 Å². The van der Waals surface area contributed by atoms with Crippen LogP contribution in [0, 0.1) is 11.8 Å². The third-order valence-corrected chi connectivity index (χ3v) is 1.61. The molecular formula is C11H15F3O2. The zero-order chi connectivity index (χ0) is 12.6. The van der Waals surface area contributed by atoms with Crippen molar-refractivity contribution in [2.75, 3.05) is 0 Å². The first-order valence-electron chi connectivity index (χ1n) is 5.16. The van der Waals surface area contributed by atoms with Gasteiger partial charge >= 0.3 is 12.1 Å². The number of esters is 1. The molecule has 0 aliphatic heterocycles. The fourth-order valence-electron chi connectivity index (χ4n) is 0.862. The molecule has 0 spiro atoms. The van der Waals surface area contributed by atoms with E-state index >= 15 is 0 Å². The van der Waals surface area contributed by atoms with Crippen molar-refractivity contribution in [1.29, 1.82) is 0 Å². The Hall–Kier alpha value is -1.18. The average Bonchev–Trinajstić information content (AvgIpc) is 2.15. The van der Waals surface area contributed by atoms with Gasteiger partial charge in [0.25, 0.3) is 6.10 Å². The summed E-state index contributed by atoms with van der Waals surface area (Å²) < 4.78 is 41.4. The van der Waals surface area contributed by atoms with Crippen molar-refractivity contribution in [2.45, 2.75) is 51.8 Å². The summed E-state index contributed by atoms with van der Waals surface area (Å²) in [5.41, 5.74) is 0. The van der Waals surface area contributed by atoms with Crippen LogP contribution in [0.2, 0.25) is 0 Å². The maximum atomic E-state index is 12.4. The summed E-state index contributed by atoms with van der Waals surface area (Å²) in [5.74, 6) is 3.41. The van der Waals surface area contributed by atoms with E-state index in [-0.39, 0.29) is 6.42 Å². The molecule has 0 saturated heterocycles. The minimum Gasteiger partial charge on any atom is -0.439 e. The highest BCUT2D eigenvalue weighted by Gasteiger charge is 2.41. The fourth-order valence-corrected chi connectivity index (χ4v) is 0.862. The lowest BCUT2D eigenvalue weighted by Gasteiger charge is -2.15. The van der Waals surface area contributed by atoms with E-state index in [2.05, 4.69) is 10.7 Å². The van der Waals surface area contributed by atoms with Crippen molar-refractivity contribution in [3.8, 4) is 11.8 Å². The first-order valence-corrected chi connectivity index (χ1v) is 5.16. The van der Waals surface area contributed by atoms with E-state index < -0.39 is 18.2 Å². The summed E-state index contributed by atoms with van der Waals surface area (Å²) in [5, 5.41) is 0. The molecular weight excluding hydrogens is 221 g/mol. The molecule has 1 atom stereocenters. The summed E-state index contributed by atoms with van der Waals surface area (Å²) in [6.07, 6.45) is -5.46. The van der Waals surface area contributed by atoms with E-state index in [0.29, 0.717) is 19.3 Å². The standard InChI is InChI=1S/C11H15F3O2/c1-3-5-6-8-9(11(12,13)14)16-10(15)7-4-2/h9H,3-5,7H2,1-2H3. The van der Waals surface area contributed by atoms with Gasteiger partial charge in [0.1, 0.15) is 0 Å². The zero-order valence-electron chi connectivity index (χ0n) is 9.36. The van der Waals surface area contributed by atoms with Gasteiger partial charge in [-0.05, 0) is 18.8 Å². The van der Waals surface area contributed by atoms with Crippen molar-refractivity contribution < 1.29 is 22.7 Å². The maximum Gasteiger partial charge on any atom is 0.437 e. The first kappa shape index (κ1) is 14.8. The van der Waals surface area contributed by atoms with Crippen LogP contribution >= 0.6 is 0 Å². The lowest BCUT2D eigenvalue weighted by molar-refractivity contribution is -0.205. The van der Waals surface area contributed by atoms with Crippen LogP contribution in [0.25, 0.3) is 0 Å². The molecule has 16 heavy (non-hydrogen) atoms. The van der Waals surface area contributed by atoms with Crippen LogP contribution in [0.5, 0.6) is 0 Å². The lowest BCUT2D eigenvalue weighted by atomic mass is 10.3. The zero-order valence-corrected chi connectivity index (χ0v) is 9.36. The predicted molar refractivity (Wildman–Crippen MR) is 53.5 cm³/mol. The van der Waals surface area contributed by atoms with E-state index in [1.165, 1.54) is 0 Å². The Morgan fingerprint density at radius 1 is 1.31 bits per heavy atom. The van der Waals surface area contributed by atoms with Crippen LogP contribution in [0.1, 0.15) is 39.5 Å². The number of hydrogen-bond acceptors (Lipinski definition) is 2. The minimum absolute atomic E-state index is 0.0258. The number of hydrogen-bond donors (Lipinski definition) is 0. The molecule has 0 rings (SSSR count). The molecule has 92 valence electrons. The van der Waals surface area contributed by atoms with E-state index in [9.17, 15) is 18.0 Å². The topological polar surface area (TPSA) is 26.3 Å². The normalized spacial score (nSPS) is 12.6. The number of halogens is 3. The largest absolute Gasteiger partial charge is 0.439 e. The molecule has 0 aromatic heterocycles. The highest BCUT2D eigenvalue weighted by atomic mass is 19.4. The minimum atomic E-state index is -4.62. The van der Waals surface area contributed by atoms with Crippen LogP contribution < -0.4 is 0 Å². The van der Waals surface area contributed by atoms with Crippen LogP contribution in [-0.4, -0.2) is 18.2 Å². The van der Waals surface area contributed by atoms with Gasteiger partial charge in [-0.1, -0.05) is 19.8 Å². The summed E-state index contributed by atoms with van der Waals surface area (Å²) >= 11 is 0. The van der Waals surface area contributed by atoms with Crippen molar-refractivity contribution in [2.24, 2.45) is 0 Å². The highest BCUT2D eigenvalue weighted by Crippen LogP contribution is 2.23. The molecule has 0 aromatic carbocycles. The highest BCUT2D eigenvalue weighted by molar-refractivity contribution is 5.69. The summed E-state index contributed by atoms with van der Waals surface area (Å²) in [6.45, 7) is 3.49. The molecule has 0 aliphatic rings. The Morgan fingerprint density at radius 3 is 2.38 bits per heavy atom. The van der Waals surface area contributed by atoms with E-state index in [0.717, 1.165) is 0 Å². The SMILES string of the molecule is CCCC#CC(OC(=O)CCC)C(F)(F)F. The molecule has 0 heterocycles. The molecule has 0 N–H and O–H groups in total. The smallest absolute Gasteiger partial charge is 0.437 e. The maximum absolute atomic E-state index is 12.4. The second-order valence-electron chi connectivity index (χ2n) is 3.23. The Kier molecular flexibility index (Phi) is 6.63. The first-order chi connectivity index (χ1) is 7.41. The Morgan fingerprint density at radius 2 is 1.94 bits per heavy atom. The van der Waals surface area contributed by atoms with E-state index in [1.807, 2.05) is 5.92 Å². The fraction of sp³-hybridized carbons (Fsp3) is 0.727. The Bertz CT molecular complexity index is 273. The van der Waals surface area contributed by atoms with Crippen LogP contribution in [-0.2, 0) is 9.53 Å². The Balaban J connectivity index is 4.47. The summed E-state index contributed by atoms with van der Waals surface area (Å²) in [7, 11) is 0. The van der Waals surface area contributed by atoms with Crippen molar-refractivity contribution in [3.63, 3.8) is 0 Å². The van der Waals surface area contributed by atoms with Crippen LogP contribution in [0.15, 0.2) is 0 Å². The summed E-state index contributed by atoms with van der Waals surface area (Å²) in [6, 6.07) is 0. The monoisotopic (exact) mass is 236 g/mol. The molecule has 2 nitrogen and oxygen atoms in total. The summed E-state index contributed by atoms with van der Waals surface area (Å²) in [4.78, 5) is 10.9. The number of carbonyl (C=O) groups excluding carboxylic acids is 1. The molecule has 1 unspecified atom stereocenters. The molecule has 0 amide bonds. The van der Waals surface area contributed by atoms with Gasteiger partial charge in [0.2, 0.25) is 0 Å². The van der Waals surface area contributed by atoms with Gasteiger partial charge in [-0.25, -0.2) is 0 Å². The number of carbonyl (C=O) groups is 1. The third kappa shape index (κ3) is 6.33. The number of ether oxygens (including phenoxy) is 1. The lowest BCUT2D eigenvalue weighted by Crippen LogP contribution is -2.32. The number of alkyl halides is 3.